The number of amidine groups is 1. The first-order valence-electron chi connectivity index (χ1n) is 6.63. The first kappa shape index (κ1) is 14.0. The second kappa shape index (κ2) is 5.69. The van der Waals surface area contributed by atoms with Crippen LogP contribution in [-0.4, -0.2) is 60.9 Å². The number of aliphatic imine (C=N–C) groups is 1. The first-order chi connectivity index (χ1) is 9.15. The van der Waals surface area contributed by atoms with Crippen molar-refractivity contribution >= 4 is 18.6 Å². The van der Waals surface area contributed by atoms with Gasteiger partial charge in [0.15, 0.2) is 0 Å². The Morgan fingerprint density at radius 2 is 2.11 bits per heavy atom. The quantitative estimate of drug-likeness (QED) is 0.708. The van der Waals surface area contributed by atoms with Crippen LogP contribution in [0.1, 0.15) is 13.3 Å². The lowest BCUT2D eigenvalue weighted by atomic mass is 9.70. The van der Waals surface area contributed by atoms with E-state index in [-0.39, 0.29) is 24.7 Å². The zero-order valence-electron chi connectivity index (χ0n) is 11.2. The fraction of sp³-hybridized carbons (Fsp3) is 0.769. The maximum atomic E-state index is 11.3. The lowest BCUT2D eigenvalue weighted by Gasteiger charge is -2.37. The minimum atomic E-state index is -0.504. The molecule has 1 heterocycles. The van der Waals surface area contributed by atoms with Crippen molar-refractivity contribution < 1.29 is 19.4 Å². The Labute approximate surface area is 112 Å². The van der Waals surface area contributed by atoms with E-state index >= 15 is 0 Å². The summed E-state index contributed by atoms with van der Waals surface area (Å²) in [6.07, 6.45) is 1.89. The van der Waals surface area contributed by atoms with E-state index in [1.807, 2.05) is 18.9 Å². The van der Waals surface area contributed by atoms with Crippen LogP contribution < -0.4 is 0 Å². The molecule has 0 radical (unpaired) electrons. The molecule has 2 aliphatic rings. The molecule has 1 fully saturated rings. The molecular weight excluding hydrogens is 248 g/mol. The average Bonchev–Trinajstić information content (AvgIpc) is 2.87. The number of carbonyl (C=O) groups is 2. The molecule has 6 nitrogen and oxygen atoms in total. The van der Waals surface area contributed by atoms with Crippen molar-refractivity contribution in [3.05, 3.63) is 0 Å². The molecular formula is C13H20N2O4. The zero-order chi connectivity index (χ0) is 14.0. The van der Waals surface area contributed by atoms with E-state index in [1.165, 1.54) is 0 Å². The third kappa shape index (κ3) is 2.36. The van der Waals surface area contributed by atoms with E-state index in [0.717, 1.165) is 19.1 Å². The van der Waals surface area contributed by atoms with Crippen LogP contribution in [0.5, 0.6) is 0 Å². The van der Waals surface area contributed by atoms with Gasteiger partial charge >= 0.3 is 0 Å². The third-order valence-corrected chi connectivity index (χ3v) is 4.17. The van der Waals surface area contributed by atoms with Crippen LogP contribution in [0.25, 0.3) is 0 Å². The molecule has 1 N–H and O–H groups in total. The molecule has 1 aliphatic heterocycles. The number of aliphatic hydroxyl groups excluding tert-OH is 1. The second-order valence-corrected chi connectivity index (χ2v) is 5.18. The summed E-state index contributed by atoms with van der Waals surface area (Å²) in [5.41, 5.74) is 0. The summed E-state index contributed by atoms with van der Waals surface area (Å²) in [6.45, 7) is 2.62. The Balaban J connectivity index is 2.24. The number of ether oxygens (including phenoxy) is 1. The van der Waals surface area contributed by atoms with Crippen molar-refractivity contribution in [2.75, 3.05) is 20.2 Å². The van der Waals surface area contributed by atoms with Crippen LogP contribution in [0, 0.1) is 17.8 Å². The van der Waals surface area contributed by atoms with Crippen LogP contribution in [0.15, 0.2) is 4.99 Å². The molecule has 106 valence electrons. The lowest BCUT2D eigenvalue weighted by molar-refractivity contribution is -0.126. The normalized spacial score (nSPS) is 37.0. The van der Waals surface area contributed by atoms with E-state index in [4.69, 9.17) is 4.74 Å². The highest BCUT2D eigenvalue weighted by molar-refractivity contribution is 5.77. The number of hydrogen-bond donors (Lipinski definition) is 1. The molecule has 6 heteroatoms. The largest absolute Gasteiger partial charge is 0.460 e. The number of rotatable bonds is 4. The molecule has 0 saturated heterocycles. The van der Waals surface area contributed by atoms with E-state index in [9.17, 15) is 14.7 Å². The summed E-state index contributed by atoms with van der Waals surface area (Å²) >= 11 is 0. The topological polar surface area (TPSA) is 79.2 Å². The molecule has 0 aromatic carbocycles. The lowest BCUT2D eigenvalue weighted by Crippen LogP contribution is -2.47. The van der Waals surface area contributed by atoms with Crippen molar-refractivity contribution in [1.82, 2.24) is 4.90 Å². The van der Waals surface area contributed by atoms with Gasteiger partial charge in [0, 0.05) is 26.1 Å². The summed E-state index contributed by atoms with van der Waals surface area (Å²) in [5.74, 6) is -1.20. The number of aliphatic hydroxyl groups is 1. The summed E-state index contributed by atoms with van der Waals surface area (Å²) < 4.78 is 5.77. The predicted molar refractivity (Wildman–Crippen MR) is 68.7 cm³/mol. The molecule has 0 bridgehead atoms. The van der Waals surface area contributed by atoms with Crippen LogP contribution in [0.3, 0.4) is 0 Å². The van der Waals surface area contributed by atoms with Crippen molar-refractivity contribution in [2.24, 2.45) is 22.7 Å². The van der Waals surface area contributed by atoms with Gasteiger partial charge in [0.05, 0.1) is 5.92 Å². The summed E-state index contributed by atoms with van der Waals surface area (Å²) in [5, 5.41) is 9.37. The summed E-state index contributed by atoms with van der Waals surface area (Å²) in [6, 6.07) is 0.215. The van der Waals surface area contributed by atoms with Gasteiger partial charge in [-0.25, -0.2) is 4.99 Å². The second-order valence-electron chi connectivity index (χ2n) is 5.18. The smallest absolute Gasteiger partial charge is 0.287 e. The Morgan fingerprint density at radius 3 is 2.63 bits per heavy atom. The molecule has 19 heavy (non-hydrogen) atoms. The van der Waals surface area contributed by atoms with Crippen LogP contribution in [-0.2, 0) is 14.3 Å². The van der Waals surface area contributed by atoms with Gasteiger partial charge in [-0.1, -0.05) is 0 Å². The minimum absolute atomic E-state index is 0.112. The van der Waals surface area contributed by atoms with Crippen molar-refractivity contribution in [2.45, 2.75) is 25.5 Å². The van der Waals surface area contributed by atoms with E-state index in [0.29, 0.717) is 12.4 Å². The highest BCUT2D eigenvalue weighted by atomic mass is 16.5. The molecule has 0 amide bonds. The molecule has 1 saturated carbocycles. The van der Waals surface area contributed by atoms with Gasteiger partial charge in [0.25, 0.3) is 6.02 Å². The highest BCUT2D eigenvalue weighted by Crippen LogP contribution is 2.39. The van der Waals surface area contributed by atoms with Gasteiger partial charge in [-0.05, 0) is 19.3 Å². The minimum Gasteiger partial charge on any atom is -0.460 e. The maximum Gasteiger partial charge on any atom is 0.287 e. The average molecular weight is 268 g/mol. The molecule has 0 aromatic rings. The first-order valence-corrected chi connectivity index (χ1v) is 6.63. The van der Waals surface area contributed by atoms with Crippen LogP contribution >= 0.6 is 0 Å². The molecule has 5 atom stereocenters. The number of hydrogen-bond acceptors (Lipinski definition) is 6. The van der Waals surface area contributed by atoms with Crippen molar-refractivity contribution in [1.29, 1.82) is 0 Å². The molecule has 1 aliphatic carbocycles. The molecule has 0 aromatic heterocycles. The summed E-state index contributed by atoms with van der Waals surface area (Å²) in [7, 11) is 1.87. The SMILES string of the molecule is CCN(C)C1=N[C@@H]2[C@H](C=O)[C@H](C=O)[C@H](CO)C[C@@H]2O1. The summed E-state index contributed by atoms with van der Waals surface area (Å²) in [4.78, 5) is 28.8. The fourth-order valence-corrected chi connectivity index (χ4v) is 2.86. The van der Waals surface area contributed by atoms with E-state index < -0.39 is 11.8 Å². The van der Waals surface area contributed by atoms with Gasteiger partial charge in [0.2, 0.25) is 0 Å². The Morgan fingerprint density at radius 1 is 1.42 bits per heavy atom. The van der Waals surface area contributed by atoms with E-state index in [2.05, 4.69) is 4.99 Å². The number of nitrogens with zero attached hydrogens (tertiary/aromatic N) is 2. The van der Waals surface area contributed by atoms with Crippen LogP contribution in [0.2, 0.25) is 0 Å². The van der Waals surface area contributed by atoms with Crippen molar-refractivity contribution in [3.63, 3.8) is 0 Å². The standard InChI is InChI=1S/C13H20N2O4/c1-3-15(2)13-14-12-10(7-18)9(6-17)8(5-16)4-11(12)19-13/h6-12,16H,3-5H2,1-2H3/t8-,9+,10+,11-,12+/m0/s1. The number of carbonyl (C=O) groups excluding carboxylic acids is 2. The number of aldehydes is 2. The Kier molecular flexibility index (Phi) is 4.19. The predicted octanol–water partition coefficient (Wildman–Crippen LogP) is -0.296. The van der Waals surface area contributed by atoms with Gasteiger partial charge in [-0.3, -0.25) is 0 Å². The maximum absolute atomic E-state index is 11.3. The van der Waals surface area contributed by atoms with Crippen LogP contribution in [0.4, 0.5) is 0 Å². The monoisotopic (exact) mass is 268 g/mol. The van der Waals surface area contributed by atoms with Crippen molar-refractivity contribution in [3.8, 4) is 0 Å². The van der Waals surface area contributed by atoms with E-state index in [1.54, 1.807) is 0 Å². The molecule has 0 spiro atoms. The molecule has 0 unspecified atom stereocenters. The van der Waals surface area contributed by atoms with Gasteiger partial charge in [-0.2, -0.15) is 0 Å². The number of fused-ring (bicyclic) bond motifs is 1. The zero-order valence-corrected chi connectivity index (χ0v) is 11.2. The fourth-order valence-electron chi connectivity index (χ4n) is 2.86. The van der Waals surface area contributed by atoms with Gasteiger partial charge in [-0.15, -0.1) is 0 Å². The third-order valence-electron chi connectivity index (χ3n) is 4.17. The highest BCUT2D eigenvalue weighted by Gasteiger charge is 2.49. The van der Waals surface area contributed by atoms with Gasteiger partial charge < -0.3 is 24.3 Å². The van der Waals surface area contributed by atoms with Gasteiger partial charge in [0.1, 0.15) is 24.7 Å². The molecule has 2 rings (SSSR count). The Hall–Kier alpha value is -1.43. The Bertz CT molecular complexity index is 385.